The van der Waals surface area contributed by atoms with E-state index in [0.717, 1.165) is 10.0 Å². The van der Waals surface area contributed by atoms with E-state index < -0.39 is 5.60 Å². The van der Waals surface area contributed by atoms with Crippen molar-refractivity contribution >= 4 is 27.9 Å². The van der Waals surface area contributed by atoms with Crippen LogP contribution in [0.4, 0.5) is 4.79 Å². The van der Waals surface area contributed by atoms with Crippen molar-refractivity contribution in [1.29, 1.82) is 0 Å². The predicted octanol–water partition coefficient (Wildman–Crippen LogP) is 5.32. The summed E-state index contributed by atoms with van der Waals surface area (Å²) in [6, 6.07) is 15.2. The van der Waals surface area contributed by atoms with Gasteiger partial charge in [0.25, 0.3) is 5.91 Å². The zero-order valence-electron chi connectivity index (χ0n) is 19.3. The molecule has 172 valence electrons. The zero-order valence-corrected chi connectivity index (χ0v) is 20.9. The van der Waals surface area contributed by atoms with Gasteiger partial charge < -0.3 is 19.3 Å². The summed E-state index contributed by atoms with van der Waals surface area (Å²) in [5.41, 5.74) is 1.14. The normalized spacial score (nSPS) is 18.8. The highest BCUT2D eigenvalue weighted by Crippen LogP contribution is 2.33. The van der Waals surface area contributed by atoms with Crippen LogP contribution < -0.4 is 4.74 Å². The smallest absolute Gasteiger partial charge is 0.410 e. The SMILES string of the molecule is COc1ccc(C(=O)N(C)[C@@H]2CCN(C(=O)OC(C)(C)C)C[C@H]2c2ccc(Br)cc2)cc1. The van der Waals surface area contributed by atoms with E-state index in [1.54, 1.807) is 41.2 Å². The molecule has 6 nitrogen and oxygen atoms in total. The van der Waals surface area contributed by atoms with E-state index >= 15 is 0 Å². The van der Waals surface area contributed by atoms with Gasteiger partial charge in [0.05, 0.1) is 7.11 Å². The van der Waals surface area contributed by atoms with Crippen molar-refractivity contribution in [2.45, 2.75) is 44.8 Å². The first-order chi connectivity index (χ1) is 15.1. The van der Waals surface area contributed by atoms with Gasteiger partial charge in [0.1, 0.15) is 11.4 Å². The molecule has 3 rings (SSSR count). The van der Waals surface area contributed by atoms with Crippen LogP contribution in [-0.4, -0.2) is 60.7 Å². The fourth-order valence-electron chi connectivity index (χ4n) is 4.02. The van der Waals surface area contributed by atoms with Gasteiger partial charge in [-0.2, -0.15) is 0 Å². The molecule has 0 aromatic heterocycles. The molecular weight excluding hydrogens is 472 g/mol. The number of likely N-dealkylation sites (N-methyl/N-ethyl adjacent to an activating group) is 1. The minimum Gasteiger partial charge on any atom is -0.497 e. The number of rotatable bonds is 4. The molecule has 2 aromatic rings. The predicted molar refractivity (Wildman–Crippen MR) is 128 cm³/mol. The maximum absolute atomic E-state index is 13.2. The van der Waals surface area contributed by atoms with Crippen molar-refractivity contribution in [2.75, 3.05) is 27.2 Å². The number of carbonyl (C=O) groups excluding carboxylic acids is 2. The monoisotopic (exact) mass is 502 g/mol. The Morgan fingerprint density at radius 3 is 2.25 bits per heavy atom. The molecule has 1 fully saturated rings. The highest BCUT2D eigenvalue weighted by atomic mass is 79.9. The Labute approximate surface area is 198 Å². The lowest BCUT2D eigenvalue weighted by atomic mass is 9.85. The number of benzene rings is 2. The van der Waals surface area contributed by atoms with Crippen LogP contribution in [0.25, 0.3) is 0 Å². The highest BCUT2D eigenvalue weighted by molar-refractivity contribution is 9.10. The molecule has 0 bridgehead atoms. The Hall–Kier alpha value is -2.54. The lowest BCUT2D eigenvalue weighted by molar-refractivity contribution is 0.0124. The van der Waals surface area contributed by atoms with Gasteiger partial charge in [-0.3, -0.25) is 4.79 Å². The van der Waals surface area contributed by atoms with Crippen molar-refractivity contribution in [1.82, 2.24) is 9.80 Å². The quantitative estimate of drug-likeness (QED) is 0.567. The van der Waals surface area contributed by atoms with E-state index in [1.807, 2.05) is 52.1 Å². The number of amides is 2. The summed E-state index contributed by atoms with van der Waals surface area (Å²) >= 11 is 3.49. The van der Waals surface area contributed by atoms with Crippen LogP contribution >= 0.6 is 15.9 Å². The lowest BCUT2D eigenvalue weighted by Gasteiger charge is -2.43. The number of likely N-dealkylation sites (tertiary alicyclic amines) is 1. The van der Waals surface area contributed by atoms with E-state index in [2.05, 4.69) is 15.9 Å². The first-order valence-corrected chi connectivity index (χ1v) is 11.5. The van der Waals surface area contributed by atoms with Crippen LogP contribution in [0.2, 0.25) is 0 Å². The van der Waals surface area contributed by atoms with Crippen LogP contribution in [0.5, 0.6) is 5.75 Å². The number of nitrogens with zero attached hydrogens (tertiary/aromatic N) is 2. The Bertz CT molecular complexity index is 938. The number of ether oxygens (including phenoxy) is 2. The van der Waals surface area contributed by atoms with Gasteiger partial charge in [0.2, 0.25) is 0 Å². The number of methoxy groups -OCH3 is 1. The molecule has 0 radical (unpaired) electrons. The first kappa shape index (κ1) is 24.1. The molecule has 0 N–H and O–H groups in total. The second kappa shape index (κ2) is 9.94. The summed E-state index contributed by atoms with van der Waals surface area (Å²) in [6.07, 6.45) is 0.348. The molecule has 0 saturated carbocycles. The minimum atomic E-state index is -0.553. The van der Waals surface area contributed by atoms with Crippen LogP contribution in [0, 0.1) is 0 Å². The lowest BCUT2D eigenvalue weighted by Crippen LogP contribution is -2.52. The summed E-state index contributed by atoms with van der Waals surface area (Å²) in [5.74, 6) is 0.629. The maximum atomic E-state index is 13.2. The van der Waals surface area contributed by atoms with Gasteiger partial charge in [-0.25, -0.2) is 4.79 Å². The van der Waals surface area contributed by atoms with Crippen molar-refractivity contribution in [2.24, 2.45) is 0 Å². The zero-order chi connectivity index (χ0) is 23.5. The van der Waals surface area contributed by atoms with E-state index in [1.165, 1.54) is 0 Å². The number of hydrogen-bond donors (Lipinski definition) is 0. The number of carbonyl (C=O) groups is 2. The number of hydrogen-bond acceptors (Lipinski definition) is 4. The molecule has 1 aliphatic rings. The third kappa shape index (κ3) is 5.82. The van der Waals surface area contributed by atoms with Gasteiger partial charge in [-0.1, -0.05) is 28.1 Å². The average Bonchev–Trinajstić information content (AvgIpc) is 2.77. The molecule has 2 atom stereocenters. The molecule has 0 aliphatic carbocycles. The summed E-state index contributed by atoms with van der Waals surface area (Å²) < 4.78 is 11.8. The minimum absolute atomic E-state index is 0.0310. The van der Waals surface area contributed by atoms with Gasteiger partial charge >= 0.3 is 6.09 Å². The molecule has 0 unspecified atom stereocenters. The third-order valence-electron chi connectivity index (χ3n) is 5.68. The van der Waals surface area contributed by atoms with Gasteiger partial charge in [-0.05, 0) is 69.2 Å². The molecule has 1 saturated heterocycles. The van der Waals surface area contributed by atoms with Crippen molar-refractivity contribution in [3.8, 4) is 5.75 Å². The largest absolute Gasteiger partial charge is 0.497 e. The standard InChI is InChI=1S/C25H31BrN2O4/c1-25(2,3)32-24(30)28-15-14-22(21(16-28)17-6-10-19(26)11-7-17)27(4)23(29)18-8-12-20(31-5)13-9-18/h6-13,21-22H,14-16H2,1-5H3/t21-,22+/m0/s1. The van der Waals surface area contributed by atoms with E-state index in [9.17, 15) is 9.59 Å². The van der Waals surface area contributed by atoms with Crippen LogP contribution in [-0.2, 0) is 4.74 Å². The summed E-state index contributed by atoms with van der Waals surface area (Å²) in [7, 11) is 3.44. The molecule has 7 heteroatoms. The molecule has 2 amide bonds. The Morgan fingerprint density at radius 2 is 1.69 bits per heavy atom. The van der Waals surface area contributed by atoms with E-state index in [-0.39, 0.29) is 24.0 Å². The molecule has 2 aromatic carbocycles. The topological polar surface area (TPSA) is 59.1 Å². The van der Waals surface area contributed by atoms with Gasteiger partial charge in [-0.15, -0.1) is 0 Å². The Kier molecular flexibility index (Phi) is 7.49. The molecule has 1 heterocycles. The summed E-state index contributed by atoms with van der Waals surface area (Å²) in [4.78, 5) is 29.5. The van der Waals surface area contributed by atoms with Crippen molar-refractivity contribution < 1.29 is 19.1 Å². The average molecular weight is 503 g/mol. The molecule has 32 heavy (non-hydrogen) atoms. The maximum Gasteiger partial charge on any atom is 0.410 e. The Morgan fingerprint density at radius 1 is 1.06 bits per heavy atom. The third-order valence-corrected chi connectivity index (χ3v) is 6.21. The van der Waals surface area contributed by atoms with Gasteiger partial charge in [0.15, 0.2) is 0 Å². The second-order valence-electron chi connectivity index (χ2n) is 9.08. The fraction of sp³-hybridized carbons (Fsp3) is 0.440. The number of halogens is 1. The summed E-state index contributed by atoms with van der Waals surface area (Å²) in [6.45, 7) is 6.62. The van der Waals surface area contributed by atoms with E-state index in [4.69, 9.17) is 9.47 Å². The highest BCUT2D eigenvalue weighted by Gasteiger charge is 2.38. The van der Waals surface area contributed by atoms with Crippen molar-refractivity contribution in [3.63, 3.8) is 0 Å². The molecular formula is C25H31BrN2O4. The van der Waals surface area contributed by atoms with Crippen LogP contribution in [0.3, 0.4) is 0 Å². The fourth-order valence-corrected chi connectivity index (χ4v) is 4.29. The van der Waals surface area contributed by atoms with E-state index in [0.29, 0.717) is 30.8 Å². The van der Waals surface area contributed by atoms with Gasteiger partial charge in [0, 0.05) is 42.1 Å². The molecule has 0 spiro atoms. The van der Waals surface area contributed by atoms with Crippen LogP contribution in [0.15, 0.2) is 53.0 Å². The number of piperidine rings is 1. The second-order valence-corrected chi connectivity index (χ2v) is 10.0. The first-order valence-electron chi connectivity index (χ1n) is 10.7. The Balaban J connectivity index is 1.84. The summed E-state index contributed by atoms with van der Waals surface area (Å²) in [5, 5.41) is 0. The van der Waals surface area contributed by atoms with Crippen LogP contribution in [0.1, 0.15) is 49.0 Å². The van der Waals surface area contributed by atoms with Crippen molar-refractivity contribution in [3.05, 3.63) is 64.1 Å². The molecule has 1 aliphatic heterocycles.